The lowest BCUT2D eigenvalue weighted by atomic mass is 10.1. The van der Waals surface area contributed by atoms with Gasteiger partial charge in [0.2, 0.25) is 0 Å². The molecule has 0 saturated heterocycles. The zero-order chi connectivity index (χ0) is 11.4. The van der Waals surface area contributed by atoms with E-state index in [1.165, 1.54) is 12.1 Å². The van der Waals surface area contributed by atoms with Crippen molar-refractivity contribution in [2.75, 3.05) is 0 Å². The molecule has 3 nitrogen and oxygen atoms in total. The molecule has 0 radical (unpaired) electrons. The summed E-state index contributed by atoms with van der Waals surface area (Å²) in [4.78, 5) is 4.31. The smallest absolute Gasteiger partial charge is 0.143 e. The van der Waals surface area contributed by atoms with Gasteiger partial charge >= 0.3 is 0 Å². The molecule has 0 amide bonds. The summed E-state index contributed by atoms with van der Waals surface area (Å²) in [6, 6.07) is 4.67. The number of nitrogens with two attached hydrogens (primary N) is 1. The summed E-state index contributed by atoms with van der Waals surface area (Å²) in [5.74, 6) is 5.72. The zero-order valence-electron chi connectivity index (χ0n) is 9.21. The van der Waals surface area contributed by atoms with Gasteiger partial charge in [0.25, 0.3) is 0 Å². The fourth-order valence-corrected chi connectivity index (χ4v) is 1.34. The van der Waals surface area contributed by atoms with Gasteiger partial charge in [0.1, 0.15) is 11.7 Å². The minimum atomic E-state index is -0.253. The fraction of sp³-hybridized carbons (Fsp3) is 0.364. The molecule has 0 aromatic heterocycles. The van der Waals surface area contributed by atoms with Gasteiger partial charge in [-0.3, -0.25) is 4.99 Å². The average molecular weight is 209 g/mol. The Morgan fingerprint density at radius 2 is 2.13 bits per heavy atom. The predicted molar refractivity (Wildman–Crippen MR) is 60.1 cm³/mol. The number of hydrazine groups is 1. The Hall–Kier alpha value is -1.42. The van der Waals surface area contributed by atoms with Crippen LogP contribution in [0.15, 0.2) is 23.2 Å². The van der Waals surface area contributed by atoms with Crippen LogP contribution in [0.5, 0.6) is 0 Å². The molecule has 0 saturated carbocycles. The summed E-state index contributed by atoms with van der Waals surface area (Å²) in [5.41, 5.74) is 4.18. The number of amidine groups is 1. The highest BCUT2D eigenvalue weighted by Crippen LogP contribution is 2.10. The quantitative estimate of drug-likeness (QED) is 0.337. The van der Waals surface area contributed by atoms with Crippen molar-refractivity contribution in [2.45, 2.75) is 26.8 Å². The second-order valence-electron chi connectivity index (χ2n) is 3.68. The first kappa shape index (κ1) is 11.7. The van der Waals surface area contributed by atoms with E-state index < -0.39 is 0 Å². The van der Waals surface area contributed by atoms with Crippen molar-refractivity contribution in [1.29, 1.82) is 0 Å². The first-order valence-corrected chi connectivity index (χ1v) is 4.85. The lowest BCUT2D eigenvalue weighted by molar-refractivity contribution is 0.626. The Kier molecular flexibility index (Phi) is 3.80. The molecule has 1 rings (SSSR count). The SMILES string of the molecule is Cc1cc(F)ccc1C(=NC(C)C)NN. The monoisotopic (exact) mass is 209 g/mol. The Morgan fingerprint density at radius 1 is 1.47 bits per heavy atom. The molecule has 0 atom stereocenters. The highest BCUT2D eigenvalue weighted by molar-refractivity contribution is 5.99. The van der Waals surface area contributed by atoms with E-state index in [1.54, 1.807) is 6.07 Å². The molecule has 0 aliphatic heterocycles. The van der Waals surface area contributed by atoms with E-state index in [2.05, 4.69) is 10.4 Å². The summed E-state index contributed by atoms with van der Waals surface area (Å²) < 4.78 is 12.9. The topological polar surface area (TPSA) is 50.4 Å². The molecule has 4 heteroatoms. The fourth-order valence-electron chi connectivity index (χ4n) is 1.34. The van der Waals surface area contributed by atoms with E-state index in [-0.39, 0.29) is 11.9 Å². The minimum Gasteiger partial charge on any atom is -0.308 e. The third kappa shape index (κ3) is 3.02. The van der Waals surface area contributed by atoms with Crippen molar-refractivity contribution in [3.05, 3.63) is 35.1 Å². The van der Waals surface area contributed by atoms with Gasteiger partial charge in [0.05, 0.1) is 0 Å². The maximum atomic E-state index is 12.9. The number of hydrogen-bond donors (Lipinski definition) is 2. The molecule has 0 heterocycles. The molecular formula is C11H16FN3. The van der Waals surface area contributed by atoms with Crippen molar-refractivity contribution < 1.29 is 4.39 Å². The molecule has 1 aromatic rings. The van der Waals surface area contributed by atoms with Crippen LogP contribution in [-0.2, 0) is 0 Å². The van der Waals surface area contributed by atoms with Gasteiger partial charge in [0, 0.05) is 11.6 Å². The summed E-state index contributed by atoms with van der Waals surface area (Å²) in [6.07, 6.45) is 0. The third-order valence-corrected chi connectivity index (χ3v) is 1.97. The number of rotatable bonds is 2. The predicted octanol–water partition coefficient (Wildman–Crippen LogP) is 1.75. The number of nitrogens with zero attached hydrogens (tertiary/aromatic N) is 1. The van der Waals surface area contributed by atoms with Gasteiger partial charge in [-0.05, 0) is 44.5 Å². The molecule has 0 bridgehead atoms. The van der Waals surface area contributed by atoms with E-state index in [9.17, 15) is 4.39 Å². The minimum absolute atomic E-state index is 0.139. The third-order valence-electron chi connectivity index (χ3n) is 1.97. The Morgan fingerprint density at radius 3 is 2.60 bits per heavy atom. The summed E-state index contributed by atoms with van der Waals surface area (Å²) >= 11 is 0. The second-order valence-corrected chi connectivity index (χ2v) is 3.68. The molecule has 82 valence electrons. The number of aliphatic imine (C=N–C) groups is 1. The summed E-state index contributed by atoms with van der Waals surface area (Å²) in [7, 11) is 0. The van der Waals surface area contributed by atoms with Crippen molar-refractivity contribution >= 4 is 5.84 Å². The van der Waals surface area contributed by atoms with Crippen molar-refractivity contribution in [3.8, 4) is 0 Å². The lowest BCUT2D eigenvalue weighted by Crippen LogP contribution is -2.32. The van der Waals surface area contributed by atoms with Gasteiger partial charge in [-0.25, -0.2) is 10.2 Å². The van der Waals surface area contributed by atoms with Crippen molar-refractivity contribution in [2.24, 2.45) is 10.8 Å². The average Bonchev–Trinajstić information content (AvgIpc) is 2.14. The van der Waals surface area contributed by atoms with Gasteiger partial charge in [-0.15, -0.1) is 0 Å². The number of nitrogens with one attached hydrogen (secondary N) is 1. The molecule has 0 aliphatic rings. The zero-order valence-corrected chi connectivity index (χ0v) is 9.21. The normalized spacial score (nSPS) is 12.0. The van der Waals surface area contributed by atoms with Crippen LogP contribution >= 0.6 is 0 Å². The van der Waals surface area contributed by atoms with Gasteiger partial charge in [-0.1, -0.05) is 0 Å². The maximum Gasteiger partial charge on any atom is 0.143 e. The van der Waals surface area contributed by atoms with Crippen LogP contribution in [-0.4, -0.2) is 11.9 Å². The van der Waals surface area contributed by atoms with Crippen molar-refractivity contribution in [3.63, 3.8) is 0 Å². The van der Waals surface area contributed by atoms with Crippen LogP contribution in [0.2, 0.25) is 0 Å². The molecule has 0 spiro atoms. The van der Waals surface area contributed by atoms with Crippen LogP contribution in [0.4, 0.5) is 4.39 Å². The van der Waals surface area contributed by atoms with Crippen LogP contribution in [0.3, 0.4) is 0 Å². The van der Waals surface area contributed by atoms with Gasteiger partial charge in [-0.2, -0.15) is 0 Å². The van der Waals surface area contributed by atoms with Gasteiger partial charge < -0.3 is 5.43 Å². The first-order valence-electron chi connectivity index (χ1n) is 4.85. The molecule has 0 aliphatic carbocycles. The van der Waals surface area contributed by atoms with Crippen LogP contribution < -0.4 is 11.3 Å². The maximum absolute atomic E-state index is 12.9. The molecule has 0 fully saturated rings. The second kappa shape index (κ2) is 4.89. The lowest BCUT2D eigenvalue weighted by Gasteiger charge is -2.10. The Balaban J connectivity index is 3.13. The largest absolute Gasteiger partial charge is 0.308 e. The highest BCUT2D eigenvalue weighted by Gasteiger charge is 2.06. The number of hydrogen-bond acceptors (Lipinski definition) is 2. The van der Waals surface area contributed by atoms with Crippen molar-refractivity contribution in [1.82, 2.24) is 5.43 Å². The molecule has 0 unspecified atom stereocenters. The molecular weight excluding hydrogens is 193 g/mol. The first-order chi connectivity index (χ1) is 7.04. The van der Waals surface area contributed by atoms with Crippen LogP contribution in [0.1, 0.15) is 25.0 Å². The number of aryl methyl sites for hydroxylation is 1. The number of benzene rings is 1. The summed E-state index contributed by atoms with van der Waals surface area (Å²) in [5, 5.41) is 0. The highest BCUT2D eigenvalue weighted by atomic mass is 19.1. The Bertz CT molecular complexity index is 372. The van der Waals surface area contributed by atoms with E-state index in [0.29, 0.717) is 5.84 Å². The van der Waals surface area contributed by atoms with Gasteiger partial charge in [0.15, 0.2) is 0 Å². The van der Waals surface area contributed by atoms with E-state index in [1.807, 2.05) is 20.8 Å². The molecule has 3 N–H and O–H groups in total. The van der Waals surface area contributed by atoms with Crippen LogP contribution in [0, 0.1) is 12.7 Å². The van der Waals surface area contributed by atoms with Crippen LogP contribution in [0.25, 0.3) is 0 Å². The standard InChI is InChI=1S/C11H16FN3/c1-7(2)14-11(15-13)10-5-4-9(12)6-8(10)3/h4-7H,13H2,1-3H3,(H,14,15). The summed E-state index contributed by atoms with van der Waals surface area (Å²) in [6.45, 7) is 5.73. The molecule has 1 aromatic carbocycles. The van der Waals surface area contributed by atoms with E-state index in [0.717, 1.165) is 11.1 Å². The Labute approximate surface area is 89.2 Å². The number of halogens is 1. The van der Waals surface area contributed by atoms with E-state index >= 15 is 0 Å². The van der Waals surface area contributed by atoms with E-state index in [4.69, 9.17) is 5.84 Å². The molecule has 15 heavy (non-hydrogen) atoms.